The Morgan fingerprint density at radius 2 is 0.643 bits per heavy atom. The fraction of sp³-hybridized carbons (Fsp3) is 0. The Bertz CT molecular complexity index is 4940. The summed E-state index contributed by atoms with van der Waals surface area (Å²) < 4.78 is 4.61. The molecule has 0 saturated carbocycles. The highest BCUT2D eigenvalue weighted by Crippen LogP contribution is 2.44. The largest absolute Gasteiger partial charge is 0.308 e. The van der Waals surface area contributed by atoms with Gasteiger partial charge in [-0.3, -0.25) is 0 Å². The zero-order valence-corrected chi connectivity index (χ0v) is 45.3. The van der Waals surface area contributed by atoms with E-state index in [1.54, 1.807) is 0 Å². The molecule has 0 N–H and O–H groups in total. The van der Waals surface area contributed by atoms with Gasteiger partial charge in [-0.25, -0.2) is 19.8 Å². The van der Waals surface area contributed by atoms with E-state index in [0.717, 1.165) is 122 Å². The van der Waals surface area contributed by atoms with Crippen LogP contribution in [-0.2, 0) is 0 Å². The standard InChI is InChI=1S/C77H47N7/c1-79-68-30-18-17-29-61(68)60-36-42-74(84-71-40-34-58(53-23-11-4-12-24-53)46-64(71)65-47-59(35-41-72(65)84)54-25-13-5-14-26-54)67(48-60)77-81-75(55-27-15-6-16-28-55)80-76(82-77)66-43-50(49-78)31-37-73(66)83-69-38-32-56(51-19-7-2-8-20-51)44-62(69)63-45-57(33-39-70(63)83)52-21-9-3-10-22-52/h2-48H. The van der Waals surface area contributed by atoms with Crippen molar-refractivity contribution in [1.82, 2.24) is 24.1 Å². The average Bonchev–Trinajstić information content (AvgIpc) is 3.81. The first-order chi connectivity index (χ1) is 41.5. The maximum atomic E-state index is 10.7. The van der Waals surface area contributed by atoms with Crippen LogP contribution in [0.1, 0.15) is 5.56 Å². The van der Waals surface area contributed by atoms with Gasteiger partial charge in [0.2, 0.25) is 0 Å². The monoisotopic (exact) mass is 1070 g/mol. The maximum absolute atomic E-state index is 10.7. The van der Waals surface area contributed by atoms with Crippen molar-refractivity contribution in [2.24, 2.45) is 0 Å². The molecule has 3 aromatic heterocycles. The van der Waals surface area contributed by atoms with Gasteiger partial charge >= 0.3 is 0 Å². The highest BCUT2D eigenvalue weighted by molar-refractivity contribution is 6.13. The molecule has 7 heteroatoms. The maximum Gasteiger partial charge on any atom is 0.194 e. The van der Waals surface area contributed by atoms with Gasteiger partial charge in [0, 0.05) is 38.2 Å². The van der Waals surface area contributed by atoms with E-state index in [0.29, 0.717) is 34.3 Å². The van der Waals surface area contributed by atoms with Crippen molar-refractivity contribution in [3.63, 3.8) is 0 Å². The Balaban J connectivity index is 1.01. The number of hydrogen-bond acceptors (Lipinski definition) is 4. The highest BCUT2D eigenvalue weighted by Gasteiger charge is 2.25. The number of hydrogen-bond donors (Lipinski definition) is 0. The molecule has 0 spiro atoms. The highest BCUT2D eigenvalue weighted by atomic mass is 15.1. The Kier molecular flexibility index (Phi) is 12.2. The van der Waals surface area contributed by atoms with Gasteiger partial charge in [-0.2, -0.15) is 5.26 Å². The lowest BCUT2D eigenvalue weighted by molar-refractivity contribution is 1.06. The molecule has 0 aliphatic carbocycles. The van der Waals surface area contributed by atoms with Crippen molar-refractivity contribution in [2.75, 3.05) is 0 Å². The van der Waals surface area contributed by atoms with Gasteiger partial charge in [-0.05, 0) is 134 Å². The van der Waals surface area contributed by atoms with Gasteiger partial charge in [0.1, 0.15) is 0 Å². The smallest absolute Gasteiger partial charge is 0.194 e. The number of nitriles is 1. The SMILES string of the molecule is [C-]#[N+]c1ccccc1-c1ccc(-n2c3ccc(-c4ccccc4)cc3c3cc(-c4ccccc4)ccc32)c(-c2nc(-c3ccccc3)nc(-c3cc(C#N)ccc3-n3c4ccc(-c5ccccc5)cc4c4cc(-c5ccccc5)ccc43)n2)c1. The van der Waals surface area contributed by atoms with Crippen molar-refractivity contribution in [3.05, 3.63) is 302 Å². The molecular weight excluding hydrogens is 1020 g/mol. The minimum Gasteiger partial charge on any atom is -0.308 e. The molecular formula is C77H47N7. The van der Waals surface area contributed by atoms with Gasteiger partial charge in [-0.1, -0.05) is 206 Å². The molecule has 12 aromatic carbocycles. The van der Waals surface area contributed by atoms with Crippen molar-refractivity contribution in [3.8, 4) is 107 Å². The fourth-order valence-corrected chi connectivity index (χ4v) is 12.0. The second-order valence-electron chi connectivity index (χ2n) is 20.9. The third-order valence-corrected chi connectivity index (χ3v) is 16.0. The Morgan fingerprint density at radius 1 is 0.298 bits per heavy atom. The summed E-state index contributed by atoms with van der Waals surface area (Å²) in [5, 5.41) is 15.1. The quantitative estimate of drug-likeness (QED) is 0.128. The topological polar surface area (TPSA) is 76.7 Å². The molecule has 0 bridgehead atoms. The number of nitrogens with zero attached hydrogens (tertiary/aromatic N) is 7. The third kappa shape index (κ3) is 8.65. The summed E-state index contributed by atoms with van der Waals surface area (Å²) in [6, 6.07) is 101. The first-order valence-corrected chi connectivity index (χ1v) is 27.9. The summed E-state index contributed by atoms with van der Waals surface area (Å²) in [5.41, 5.74) is 19.4. The van der Waals surface area contributed by atoms with Gasteiger partial charge in [0.05, 0.1) is 51.6 Å². The van der Waals surface area contributed by atoms with Gasteiger partial charge in [0.25, 0.3) is 0 Å². The molecule has 15 rings (SSSR count). The van der Waals surface area contributed by atoms with E-state index in [2.05, 4.69) is 208 Å². The first-order valence-electron chi connectivity index (χ1n) is 27.9. The Morgan fingerprint density at radius 3 is 1.05 bits per heavy atom. The molecule has 0 saturated heterocycles. The summed E-state index contributed by atoms with van der Waals surface area (Å²) >= 11 is 0. The van der Waals surface area contributed by atoms with Crippen molar-refractivity contribution in [2.45, 2.75) is 0 Å². The van der Waals surface area contributed by atoms with Crippen LogP contribution in [0.5, 0.6) is 0 Å². The van der Waals surface area contributed by atoms with Crippen LogP contribution in [0.15, 0.2) is 285 Å². The van der Waals surface area contributed by atoms with Crippen LogP contribution < -0.4 is 0 Å². The van der Waals surface area contributed by atoms with Gasteiger partial charge in [-0.15, -0.1) is 0 Å². The van der Waals surface area contributed by atoms with E-state index in [-0.39, 0.29) is 0 Å². The molecule has 84 heavy (non-hydrogen) atoms. The molecule has 390 valence electrons. The molecule has 0 atom stereocenters. The number of para-hydroxylation sites is 1. The summed E-state index contributed by atoms with van der Waals surface area (Å²) in [6.07, 6.45) is 0. The lowest BCUT2D eigenvalue weighted by atomic mass is 9.99. The number of fused-ring (bicyclic) bond motifs is 6. The number of aromatic nitrogens is 5. The van der Waals surface area contributed by atoms with Crippen LogP contribution >= 0.6 is 0 Å². The minimum absolute atomic E-state index is 0.392. The van der Waals surface area contributed by atoms with Crippen LogP contribution in [-0.4, -0.2) is 24.1 Å². The molecule has 0 radical (unpaired) electrons. The second kappa shape index (κ2) is 20.7. The molecule has 3 heterocycles. The van der Waals surface area contributed by atoms with E-state index < -0.39 is 0 Å². The second-order valence-corrected chi connectivity index (χ2v) is 20.9. The third-order valence-electron chi connectivity index (χ3n) is 16.0. The Hall–Kier alpha value is -11.8. The van der Waals surface area contributed by atoms with E-state index in [1.165, 1.54) is 0 Å². The van der Waals surface area contributed by atoms with Crippen molar-refractivity contribution < 1.29 is 0 Å². The van der Waals surface area contributed by atoms with E-state index >= 15 is 0 Å². The average molecular weight is 1070 g/mol. The molecule has 0 aliphatic heterocycles. The van der Waals surface area contributed by atoms with Gasteiger partial charge < -0.3 is 9.13 Å². The molecule has 15 aromatic rings. The normalized spacial score (nSPS) is 11.3. The van der Waals surface area contributed by atoms with Crippen LogP contribution in [0.4, 0.5) is 5.69 Å². The predicted octanol–water partition coefficient (Wildman–Crippen LogP) is 19.8. The summed E-state index contributed by atoms with van der Waals surface area (Å²) in [4.78, 5) is 20.5. The van der Waals surface area contributed by atoms with Crippen LogP contribution in [0.3, 0.4) is 0 Å². The lowest BCUT2D eigenvalue weighted by Gasteiger charge is -2.18. The van der Waals surface area contributed by atoms with E-state index in [4.69, 9.17) is 21.5 Å². The summed E-state index contributed by atoms with van der Waals surface area (Å²) in [6.45, 7) is 8.27. The summed E-state index contributed by atoms with van der Waals surface area (Å²) in [5.74, 6) is 1.28. The molecule has 0 unspecified atom stereocenters. The van der Waals surface area contributed by atoms with Crippen LogP contribution in [0.2, 0.25) is 0 Å². The zero-order chi connectivity index (χ0) is 56.1. The van der Waals surface area contributed by atoms with E-state index in [1.807, 2.05) is 97.1 Å². The Labute approximate surface area is 485 Å². The van der Waals surface area contributed by atoms with Gasteiger partial charge in [0.15, 0.2) is 23.2 Å². The molecule has 0 fully saturated rings. The minimum atomic E-state index is 0.392. The van der Waals surface area contributed by atoms with E-state index in [9.17, 15) is 5.26 Å². The van der Waals surface area contributed by atoms with Crippen LogP contribution in [0, 0.1) is 17.9 Å². The van der Waals surface area contributed by atoms with Crippen LogP contribution in [0.25, 0.3) is 150 Å². The molecule has 7 nitrogen and oxygen atoms in total. The number of rotatable bonds is 10. The van der Waals surface area contributed by atoms with Crippen molar-refractivity contribution in [1.29, 1.82) is 5.26 Å². The molecule has 0 aliphatic rings. The lowest BCUT2D eigenvalue weighted by Crippen LogP contribution is -2.06. The molecule has 0 amide bonds. The summed E-state index contributed by atoms with van der Waals surface area (Å²) in [7, 11) is 0. The number of benzene rings is 12. The first kappa shape index (κ1) is 49.3. The zero-order valence-electron chi connectivity index (χ0n) is 45.3. The predicted molar refractivity (Wildman–Crippen MR) is 343 cm³/mol. The van der Waals surface area contributed by atoms with Crippen molar-refractivity contribution >= 4 is 49.3 Å². The fourth-order valence-electron chi connectivity index (χ4n) is 12.0.